The number of nitrogens with one attached hydrogen (secondary N) is 2. The number of nitrogens with zero attached hydrogens (tertiary/aromatic N) is 4. The van der Waals surface area contributed by atoms with Crippen LogP contribution in [0.25, 0.3) is 5.82 Å². The Kier molecular flexibility index (Phi) is 5.05. The highest BCUT2D eigenvalue weighted by Gasteiger charge is 2.22. The van der Waals surface area contributed by atoms with Gasteiger partial charge in [0.05, 0.1) is 18.2 Å². The summed E-state index contributed by atoms with van der Waals surface area (Å²) in [6, 6.07) is 5.71. The molecule has 0 saturated carbocycles. The van der Waals surface area contributed by atoms with Gasteiger partial charge >= 0.3 is 0 Å². The van der Waals surface area contributed by atoms with Gasteiger partial charge in [-0.3, -0.25) is 4.79 Å². The van der Waals surface area contributed by atoms with Crippen LogP contribution in [0.4, 0.5) is 5.82 Å². The molecule has 0 aromatic carbocycles. The first-order valence-corrected chi connectivity index (χ1v) is 8.10. The van der Waals surface area contributed by atoms with Crippen molar-refractivity contribution in [2.75, 3.05) is 31.6 Å². The monoisotopic (exact) mass is 330 g/mol. The van der Waals surface area contributed by atoms with Crippen LogP contribution in [0.1, 0.15) is 17.8 Å². The third-order valence-corrected chi connectivity index (χ3v) is 3.91. The lowest BCUT2D eigenvalue weighted by molar-refractivity contribution is -0.124. The number of aromatic nitrogens is 4. The van der Waals surface area contributed by atoms with Crippen LogP contribution in [0.15, 0.2) is 18.2 Å². The van der Waals surface area contributed by atoms with E-state index in [9.17, 15) is 4.79 Å². The number of aryl methyl sites for hydroxylation is 2. The summed E-state index contributed by atoms with van der Waals surface area (Å²) in [6.45, 7) is 6.25. The van der Waals surface area contributed by atoms with E-state index < -0.39 is 0 Å². The van der Waals surface area contributed by atoms with Crippen LogP contribution >= 0.6 is 0 Å². The molecule has 24 heavy (non-hydrogen) atoms. The molecule has 2 aromatic heterocycles. The zero-order valence-electron chi connectivity index (χ0n) is 14.0. The van der Waals surface area contributed by atoms with E-state index in [0.29, 0.717) is 37.9 Å². The Bertz CT molecular complexity index is 691. The second-order valence-corrected chi connectivity index (χ2v) is 5.89. The minimum atomic E-state index is -0.00941. The molecule has 1 saturated heterocycles. The Morgan fingerprint density at radius 2 is 2.21 bits per heavy atom. The standard InChI is InChI=1S/C16H22N6O2/c1-11-9-12(2)22(21-11)15-4-3-14(19-20-15)17-6-7-18-16(23)13-5-8-24-10-13/h3-4,9,13H,5-8,10H2,1-2H3,(H,17,19)(H,18,23). The first-order chi connectivity index (χ1) is 11.6. The van der Waals surface area contributed by atoms with Crippen LogP contribution in [0.2, 0.25) is 0 Å². The molecular formula is C16H22N6O2. The molecule has 0 bridgehead atoms. The number of anilines is 1. The Balaban J connectivity index is 1.46. The van der Waals surface area contributed by atoms with Gasteiger partial charge < -0.3 is 15.4 Å². The van der Waals surface area contributed by atoms with Crippen molar-refractivity contribution in [2.45, 2.75) is 20.3 Å². The normalized spacial score (nSPS) is 17.0. The number of carbonyl (C=O) groups excluding carboxylic acids is 1. The van der Waals surface area contributed by atoms with Gasteiger partial charge in [-0.15, -0.1) is 10.2 Å². The van der Waals surface area contributed by atoms with E-state index >= 15 is 0 Å². The van der Waals surface area contributed by atoms with Gasteiger partial charge in [-0.05, 0) is 38.5 Å². The molecule has 0 aliphatic carbocycles. The molecule has 1 aliphatic rings. The van der Waals surface area contributed by atoms with Crippen LogP contribution in [0.5, 0.6) is 0 Å². The molecule has 1 amide bonds. The van der Waals surface area contributed by atoms with Crippen LogP contribution in [-0.2, 0) is 9.53 Å². The highest BCUT2D eigenvalue weighted by atomic mass is 16.5. The predicted octanol–water partition coefficient (Wildman–Crippen LogP) is 0.844. The molecule has 1 atom stereocenters. The molecule has 3 heterocycles. The molecule has 2 N–H and O–H groups in total. The van der Waals surface area contributed by atoms with Crippen molar-refractivity contribution >= 4 is 11.7 Å². The maximum Gasteiger partial charge on any atom is 0.225 e. The van der Waals surface area contributed by atoms with Gasteiger partial charge in [0.15, 0.2) is 5.82 Å². The molecule has 0 radical (unpaired) electrons. The van der Waals surface area contributed by atoms with E-state index in [0.717, 1.165) is 17.8 Å². The van der Waals surface area contributed by atoms with E-state index in [4.69, 9.17) is 4.74 Å². The minimum absolute atomic E-state index is 0.00941. The zero-order chi connectivity index (χ0) is 16.9. The van der Waals surface area contributed by atoms with Crippen molar-refractivity contribution in [1.82, 2.24) is 25.3 Å². The molecule has 8 nitrogen and oxygen atoms in total. The molecule has 1 fully saturated rings. The summed E-state index contributed by atoms with van der Waals surface area (Å²) >= 11 is 0. The predicted molar refractivity (Wildman–Crippen MR) is 89.1 cm³/mol. The molecule has 1 aliphatic heterocycles. The molecular weight excluding hydrogens is 308 g/mol. The van der Waals surface area contributed by atoms with Gasteiger partial charge in [-0.25, -0.2) is 4.68 Å². The SMILES string of the molecule is Cc1cc(C)n(-c2ccc(NCCNC(=O)C3CCOC3)nn2)n1. The van der Waals surface area contributed by atoms with Crippen LogP contribution < -0.4 is 10.6 Å². The Morgan fingerprint density at radius 1 is 1.33 bits per heavy atom. The average Bonchev–Trinajstić information content (AvgIpc) is 3.22. The van der Waals surface area contributed by atoms with E-state index in [2.05, 4.69) is 25.9 Å². The Labute approximate surface area is 140 Å². The summed E-state index contributed by atoms with van der Waals surface area (Å²) in [5.41, 5.74) is 1.96. The van der Waals surface area contributed by atoms with Gasteiger partial charge in [-0.2, -0.15) is 5.10 Å². The highest BCUT2D eigenvalue weighted by molar-refractivity contribution is 5.79. The summed E-state index contributed by atoms with van der Waals surface area (Å²) in [5, 5.41) is 18.7. The largest absolute Gasteiger partial charge is 0.381 e. The van der Waals surface area contributed by atoms with E-state index in [1.165, 1.54) is 0 Å². The van der Waals surface area contributed by atoms with Crippen molar-refractivity contribution in [3.63, 3.8) is 0 Å². The fourth-order valence-corrected chi connectivity index (χ4v) is 2.66. The lowest BCUT2D eigenvalue weighted by Gasteiger charge is -2.10. The first kappa shape index (κ1) is 16.4. The maximum atomic E-state index is 11.8. The van der Waals surface area contributed by atoms with Crippen molar-refractivity contribution in [3.05, 3.63) is 29.6 Å². The third-order valence-electron chi connectivity index (χ3n) is 3.91. The fraction of sp³-hybridized carbons (Fsp3) is 0.500. The number of ether oxygens (including phenoxy) is 1. The van der Waals surface area contributed by atoms with Crippen molar-refractivity contribution in [3.8, 4) is 5.82 Å². The summed E-state index contributed by atoms with van der Waals surface area (Å²) in [7, 11) is 0. The molecule has 3 rings (SSSR count). The van der Waals surface area contributed by atoms with Gasteiger partial charge in [0.2, 0.25) is 5.91 Å². The number of hydrogen-bond acceptors (Lipinski definition) is 6. The van der Waals surface area contributed by atoms with Crippen molar-refractivity contribution in [1.29, 1.82) is 0 Å². The van der Waals surface area contributed by atoms with E-state index in [1.807, 2.05) is 32.0 Å². The topological polar surface area (TPSA) is 94.0 Å². The smallest absolute Gasteiger partial charge is 0.225 e. The lowest BCUT2D eigenvalue weighted by Crippen LogP contribution is -2.34. The molecule has 8 heteroatoms. The van der Waals surface area contributed by atoms with Crippen molar-refractivity contribution < 1.29 is 9.53 Å². The lowest BCUT2D eigenvalue weighted by atomic mass is 10.1. The van der Waals surface area contributed by atoms with Gasteiger partial charge in [0.25, 0.3) is 0 Å². The maximum absolute atomic E-state index is 11.8. The second kappa shape index (κ2) is 7.39. The highest BCUT2D eigenvalue weighted by Crippen LogP contribution is 2.12. The average molecular weight is 330 g/mol. The van der Waals surface area contributed by atoms with E-state index in [-0.39, 0.29) is 11.8 Å². The number of carbonyl (C=O) groups is 1. The Morgan fingerprint density at radius 3 is 2.83 bits per heavy atom. The molecule has 0 spiro atoms. The second-order valence-electron chi connectivity index (χ2n) is 5.89. The van der Waals surface area contributed by atoms with E-state index in [1.54, 1.807) is 4.68 Å². The van der Waals surface area contributed by atoms with Crippen LogP contribution in [0, 0.1) is 19.8 Å². The quantitative estimate of drug-likeness (QED) is 0.763. The zero-order valence-corrected chi connectivity index (χ0v) is 14.0. The molecule has 2 aromatic rings. The number of rotatable bonds is 6. The third kappa shape index (κ3) is 3.88. The van der Waals surface area contributed by atoms with Crippen molar-refractivity contribution in [2.24, 2.45) is 5.92 Å². The summed E-state index contributed by atoms with van der Waals surface area (Å²) < 4.78 is 6.97. The van der Waals surface area contributed by atoms with Gasteiger partial charge in [0, 0.05) is 25.4 Å². The summed E-state index contributed by atoms with van der Waals surface area (Å²) in [4.78, 5) is 11.8. The first-order valence-electron chi connectivity index (χ1n) is 8.10. The molecule has 128 valence electrons. The summed E-state index contributed by atoms with van der Waals surface area (Å²) in [6.07, 6.45) is 0.804. The Hall–Kier alpha value is -2.48. The van der Waals surface area contributed by atoms with Crippen LogP contribution in [0.3, 0.4) is 0 Å². The number of hydrogen-bond donors (Lipinski definition) is 2. The number of amides is 1. The van der Waals surface area contributed by atoms with Gasteiger partial charge in [0.1, 0.15) is 5.82 Å². The molecule has 1 unspecified atom stereocenters. The van der Waals surface area contributed by atoms with Gasteiger partial charge in [-0.1, -0.05) is 0 Å². The summed E-state index contributed by atoms with van der Waals surface area (Å²) in [5.74, 6) is 1.39. The fourth-order valence-electron chi connectivity index (χ4n) is 2.66. The van der Waals surface area contributed by atoms with Crippen LogP contribution in [-0.4, -0.2) is 52.2 Å². The minimum Gasteiger partial charge on any atom is -0.381 e.